The van der Waals surface area contributed by atoms with Crippen LogP contribution in [0.3, 0.4) is 0 Å². The van der Waals surface area contributed by atoms with Crippen molar-refractivity contribution in [2.75, 3.05) is 24.7 Å². The number of urea groups is 1. The van der Waals surface area contributed by atoms with Crippen LogP contribution in [0.1, 0.15) is 5.56 Å². The maximum Gasteiger partial charge on any atom is 0.322 e. The Morgan fingerprint density at radius 3 is 2.50 bits per heavy atom. The van der Waals surface area contributed by atoms with Gasteiger partial charge in [0, 0.05) is 19.8 Å². The number of amides is 3. The molecule has 0 aliphatic heterocycles. The quantitative estimate of drug-likeness (QED) is 0.891. The van der Waals surface area contributed by atoms with E-state index in [0.29, 0.717) is 11.5 Å². The number of aromatic nitrogens is 3. The Bertz CT molecular complexity index is 662. The fourth-order valence-electron chi connectivity index (χ4n) is 1.62. The molecule has 0 atom stereocenters. The van der Waals surface area contributed by atoms with Crippen LogP contribution in [0.15, 0.2) is 30.5 Å². The third kappa shape index (κ3) is 4.30. The molecule has 2 rings (SSSR count). The Balaban J connectivity index is 1.90. The van der Waals surface area contributed by atoms with Crippen LogP contribution in [-0.4, -0.2) is 45.9 Å². The molecule has 0 saturated carbocycles. The molecule has 0 unspecified atom stereocenters. The van der Waals surface area contributed by atoms with Gasteiger partial charge >= 0.3 is 6.03 Å². The molecular formula is C14H18N6O2. The summed E-state index contributed by atoms with van der Waals surface area (Å²) < 4.78 is 0. The molecule has 2 N–H and O–H groups in total. The topological polar surface area (TPSA) is 92.2 Å². The molecule has 8 nitrogen and oxygen atoms in total. The average Bonchev–Trinajstić information content (AvgIpc) is 2.88. The number of rotatable bonds is 4. The Morgan fingerprint density at radius 2 is 1.86 bits per heavy atom. The van der Waals surface area contributed by atoms with Gasteiger partial charge in [0.15, 0.2) is 5.82 Å². The summed E-state index contributed by atoms with van der Waals surface area (Å²) in [4.78, 5) is 26.0. The first kappa shape index (κ1) is 15.5. The highest BCUT2D eigenvalue weighted by Crippen LogP contribution is 2.08. The van der Waals surface area contributed by atoms with Crippen molar-refractivity contribution in [2.24, 2.45) is 0 Å². The zero-order chi connectivity index (χ0) is 16.1. The molecule has 3 amide bonds. The molecular weight excluding hydrogens is 284 g/mol. The molecule has 1 heterocycles. The molecule has 0 fully saturated rings. The van der Waals surface area contributed by atoms with Gasteiger partial charge in [-0.25, -0.2) is 4.79 Å². The first-order valence-corrected chi connectivity index (χ1v) is 6.69. The minimum atomic E-state index is -0.309. The SMILES string of the molecule is Cc1ccc(NC(=O)Cn2ncc(NC(=O)N(C)C)n2)cc1. The zero-order valence-corrected chi connectivity index (χ0v) is 12.7. The van der Waals surface area contributed by atoms with Gasteiger partial charge < -0.3 is 10.2 Å². The summed E-state index contributed by atoms with van der Waals surface area (Å²) in [7, 11) is 3.24. The second-order valence-corrected chi connectivity index (χ2v) is 5.00. The van der Waals surface area contributed by atoms with Gasteiger partial charge in [0.05, 0.1) is 6.20 Å². The third-order valence-corrected chi connectivity index (χ3v) is 2.80. The normalized spacial score (nSPS) is 10.1. The fraction of sp³-hybridized carbons (Fsp3) is 0.286. The van der Waals surface area contributed by atoms with Gasteiger partial charge in [0.25, 0.3) is 0 Å². The van der Waals surface area contributed by atoms with E-state index >= 15 is 0 Å². The molecule has 0 saturated heterocycles. The van der Waals surface area contributed by atoms with Crippen LogP contribution in [0, 0.1) is 6.92 Å². The smallest absolute Gasteiger partial charge is 0.322 e. The van der Waals surface area contributed by atoms with E-state index in [1.165, 1.54) is 15.9 Å². The number of benzene rings is 1. The highest BCUT2D eigenvalue weighted by atomic mass is 16.2. The second-order valence-electron chi connectivity index (χ2n) is 5.00. The molecule has 0 aliphatic rings. The zero-order valence-electron chi connectivity index (χ0n) is 12.7. The number of anilines is 2. The Hall–Kier alpha value is -2.90. The van der Waals surface area contributed by atoms with Gasteiger partial charge in [0.2, 0.25) is 5.91 Å². The van der Waals surface area contributed by atoms with E-state index in [9.17, 15) is 9.59 Å². The summed E-state index contributed by atoms with van der Waals surface area (Å²) in [6.45, 7) is 1.94. The molecule has 8 heteroatoms. The Labute approximate surface area is 128 Å². The van der Waals surface area contributed by atoms with E-state index in [2.05, 4.69) is 20.8 Å². The van der Waals surface area contributed by atoms with Crippen LogP contribution in [0.2, 0.25) is 0 Å². The average molecular weight is 302 g/mol. The van der Waals surface area contributed by atoms with Crippen molar-refractivity contribution in [1.82, 2.24) is 19.9 Å². The molecule has 22 heavy (non-hydrogen) atoms. The van der Waals surface area contributed by atoms with Gasteiger partial charge in [-0.1, -0.05) is 17.7 Å². The van der Waals surface area contributed by atoms with Gasteiger partial charge in [-0.3, -0.25) is 10.1 Å². The lowest BCUT2D eigenvalue weighted by atomic mass is 10.2. The van der Waals surface area contributed by atoms with E-state index in [1.54, 1.807) is 14.1 Å². The summed E-state index contributed by atoms with van der Waals surface area (Å²) >= 11 is 0. The Morgan fingerprint density at radius 1 is 1.18 bits per heavy atom. The summed E-state index contributed by atoms with van der Waals surface area (Å²) in [5, 5.41) is 13.3. The monoisotopic (exact) mass is 302 g/mol. The third-order valence-electron chi connectivity index (χ3n) is 2.80. The number of hydrogen-bond acceptors (Lipinski definition) is 4. The summed E-state index contributed by atoms with van der Waals surface area (Å²) in [5.74, 6) is 0.0479. The first-order valence-electron chi connectivity index (χ1n) is 6.69. The van der Waals surface area contributed by atoms with Crippen LogP contribution in [0.4, 0.5) is 16.3 Å². The fourth-order valence-corrected chi connectivity index (χ4v) is 1.62. The molecule has 0 aliphatic carbocycles. The number of aryl methyl sites for hydroxylation is 1. The van der Waals surface area contributed by atoms with Crippen LogP contribution < -0.4 is 10.6 Å². The van der Waals surface area contributed by atoms with Crippen LogP contribution in [0.25, 0.3) is 0 Å². The number of nitrogens with zero attached hydrogens (tertiary/aromatic N) is 4. The van der Waals surface area contributed by atoms with Gasteiger partial charge in [-0.05, 0) is 19.1 Å². The minimum Gasteiger partial charge on any atom is -0.331 e. The van der Waals surface area contributed by atoms with Crippen LogP contribution in [0.5, 0.6) is 0 Å². The van der Waals surface area contributed by atoms with E-state index in [4.69, 9.17) is 0 Å². The maximum absolute atomic E-state index is 11.9. The van der Waals surface area contributed by atoms with Crippen LogP contribution >= 0.6 is 0 Å². The standard InChI is InChI=1S/C14H18N6O2/c1-10-4-6-11(7-5-10)16-13(21)9-20-15-8-12(18-20)17-14(22)19(2)3/h4-8H,9H2,1-3H3,(H,16,21)(H,17,18,22). The number of carbonyl (C=O) groups is 2. The van der Waals surface area contributed by atoms with Crippen molar-refractivity contribution in [1.29, 1.82) is 0 Å². The van der Waals surface area contributed by atoms with Crippen molar-refractivity contribution < 1.29 is 9.59 Å². The second kappa shape index (κ2) is 6.70. The number of nitrogens with one attached hydrogen (secondary N) is 2. The number of carbonyl (C=O) groups excluding carboxylic acids is 2. The lowest BCUT2D eigenvalue weighted by molar-refractivity contribution is -0.117. The molecule has 2 aromatic rings. The number of hydrogen-bond donors (Lipinski definition) is 2. The van der Waals surface area contributed by atoms with Gasteiger partial charge in [-0.2, -0.15) is 9.90 Å². The molecule has 0 radical (unpaired) electrons. The van der Waals surface area contributed by atoms with E-state index in [1.807, 2.05) is 31.2 Å². The van der Waals surface area contributed by atoms with Crippen molar-refractivity contribution in [3.63, 3.8) is 0 Å². The molecule has 116 valence electrons. The molecule has 0 bridgehead atoms. The van der Waals surface area contributed by atoms with Gasteiger partial charge in [-0.15, -0.1) is 5.10 Å². The van der Waals surface area contributed by atoms with Crippen molar-refractivity contribution >= 4 is 23.4 Å². The van der Waals surface area contributed by atoms with E-state index < -0.39 is 0 Å². The maximum atomic E-state index is 11.9. The molecule has 1 aromatic heterocycles. The highest BCUT2D eigenvalue weighted by molar-refractivity contribution is 5.90. The molecule has 0 spiro atoms. The van der Waals surface area contributed by atoms with Crippen molar-refractivity contribution in [2.45, 2.75) is 13.5 Å². The predicted octanol–water partition coefficient (Wildman–Crippen LogP) is 1.32. The minimum absolute atomic E-state index is 0.0360. The first-order chi connectivity index (χ1) is 10.4. The summed E-state index contributed by atoms with van der Waals surface area (Å²) in [6.07, 6.45) is 1.39. The van der Waals surface area contributed by atoms with Crippen molar-refractivity contribution in [3.05, 3.63) is 36.0 Å². The lowest BCUT2D eigenvalue weighted by Crippen LogP contribution is -2.27. The van der Waals surface area contributed by atoms with E-state index in [0.717, 1.165) is 5.56 Å². The van der Waals surface area contributed by atoms with Gasteiger partial charge in [0.1, 0.15) is 6.54 Å². The largest absolute Gasteiger partial charge is 0.331 e. The van der Waals surface area contributed by atoms with E-state index in [-0.39, 0.29) is 18.5 Å². The highest BCUT2D eigenvalue weighted by Gasteiger charge is 2.09. The Kier molecular flexibility index (Phi) is 4.72. The summed E-state index contributed by atoms with van der Waals surface area (Å²) in [6, 6.07) is 7.17. The lowest BCUT2D eigenvalue weighted by Gasteiger charge is -2.09. The van der Waals surface area contributed by atoms with Crippen LogP contribution in [-0.2, 0) is 11.3 Å². The molecule has 1 aromatic carbocycles. The predicted molar refractivity (Wildman–Crippen MR) is 82.5 cm³/mol. The van der Waals surface area contributed by atoms with Crippen molar-refractivity contribution in [3.8, 4) is 0 Å². The summed E-state index contributed by atoms with van der Waals surface area (Å²) in [5.41, 5.74) is 1.83.